The maximum Gasteiger partial charge on any atom is 0.171 e. The molecule has 1 saturated heterocycles. The van der Waals surface area contributed by atoms with Crippen molar-refractivity contribution < 1.29 is 8.78 Å². The van der Waals surface area contributed by atoms with Crippen LogP contribution in [0.15, 0.2) is 48.5 Å². The van der Waals surface area contributed by atoms with Crippen LogP contribution in [-0.2, 0) is 6.54 Å². The van der Waals surface area contributed by atoms with Crippen molar-refractivity contribution in [2.24, 2.45) is 0 Å². The lowest BCUT2D eigenvalue weighted by molar-refractivity contribution is 0.199. The molecule has 132 valence electrons. The van der Waals surface area contributed by atoms with Crippen molar-refractivity contribution in [2.75, 3.05) is 18.4 Å². The van der Waals surface area contributed by atoms with E-state index in [0.717, 1.165) is 38.5 Å². The van der Waals surface area contributed by atoms with Crippen LogP contribution in [0.4, 0.5) is 14.5 Å². The molecule has 3 nitrogen and oxygen atoms in total. The SMILES string of the molecule is Fc1ccc(NC(=S)NC2CCN(Cc3ccccc3)CC2)c(F)c1. The zero-order valence-electron chi connectivity index (χ0n) is 13.8. The van der Waals surface area contributed by atoms with E-state index in [9.17, 15) is 8.78 Å². The number of hydrogen-bond donors (Lipinski definition) is 2. The molecule has 25 heavy (non-hydrogen) atoms. The summed E-state index contributed by atoms with van der Waals surface area (Å²) in [6.07, 6.45) is 1.95. The average Bonchev–Trinajstić information content (AvgIpc) is 2.60. The van der Waals surface area contributed by atoms with Gasteiger partial charge in [-0.05, 0) is 42.8 Å². The Bertz CT molecular complexity index is 716. The quantitative estimate of drug-likeness (QED) is 0.808. The highest BCUT2D eigenvalue weighted by Crippen LogP contribution is 2.16. The smallest absolute Gasteiger partial charge is 0.171 e. The number of nitrogens with one attached hydrogen (secondary N) is 2. The van der Waals surface area contributed by atoms with Crippen LogP contribution in [0.25, 0.3) is 0 Å². The van der Waals surface area contributed by atoms with Crippen molar-refractivity contribution in [3.63, 3.8) is 0 Å². The van der Waals surface area contributed by atoms with Crippen LogP contribution < -0.4 is 10.6 Å². The Morgan fingerprint density at radius 3 is 2.48 bits per heavy atom. The number of halogens is 2. The topological polar surface area (TPSA) is 27.3 Å². The van der Waals surface area contributed by atoms with E-state index < -0.39 is 11.6 Å². The van der Waals surface area contributed by atoms with Crippen molar-refractivity contribution in [3.8, 4) is 0 Å². The molecule has 2 aromatic carbocycles. The highest BCUT2D eigenvalue weighted by atomic mass is 32.1. The predicted molar refractivity (Wildman–Crippen MR) is 100 cm³/mol. The van der Waals surface area contributed by atoms with E-state index in [1.165, 1.54) is 17.7 Å². The number of nitrogens with zero attached hydrogens (tertiary/aromatic N) is 1. The van der Waals surface area contributed by atoms with Crippen LogP contribution in [0.2, 0.25) is 0 Å². The maximum atomic E-state index is 13.7. The summed E-state index contributed by atoms with van der Waals surface area (Å²) in [5, 5.41) is 6.40. The number of likely N-dealkylation sites (tertiary alicyclic amines) is 1. The molecular formula is C19H21F2N3S. The fraction of sp³-hybridized carbons (Fsp3) is 0.316. The van der Waals surface area contributed by atoms with Crippen LogP contribution >= 0.6 is 12.2 Å². The number of hydrogen-bond acceptors (Lipinski definition) is 2. The maximum absolute atomic E-state index is 13.7. The second-order valence-electron chi connectivity index (χ2n) is 6.26. The summed E-state index contributed by atoms with van der Waals surface area (Å²) in [5.74, 6) is -1.26. The molecule has 0 unspecified atom stereocenters. The molecule has 1 aliphatic heterocycles. The van der Waals surface area contributed by atoms with E-state index in [1.54, 1.807) is 0 Å². The van der Waals surface area contributed by atoms with Gasteiger partial charge in [0.2, 0.25) is 0 Å². The summed E-state index contributed by atoms with van der Waals surface area (Å²) >= 11 is 5.25. The third-order valence-electron chi connectivity index (χ3n) is 4.35. The fourth-order valence-corrected chi connectivity index (χ4v) is 3.29. The van der Waals surface area contributed by atoms with Gasteiger partial charge in [0.25, 0.3) is 0 Å². The van der Waals surface area contributed by atoms with Crippen LogP contribution in [0.1, 0.15) is 18.4 Å². The van der Waals surface area contributed by atoms with E-state index >= 15 is 0 Å². The monoisotopic (exact) mass is 361 g/mol. The van der Waals surface area contributed by atoms with Crippen LogP contribution in [0.5, 0.6) is 0 Å². The molecular weight excluding hydrogens is 340 g/mol. The Hall–Kier alpha value is -2.05. The molecule has 2 N–H and O–H groups in total. The number of thiocarbonyl (C=S) groups is 1. The number of piperidine rings is 1. The number of rotatable bonds is 4. The zero-order chi connectivity index (χ0) is 17.6. The highest BCUT2D eigenvalue weighted by molar-refractivity contribution is 7.80. The fourth-order valence-electron chi connectivity index (χ4n) is 3.01. The third-order valence-corrected chi connectivity index (χ3v) is 4.57. The first-order chi connectivity index (χ1) is 12.1. The first-order valence-corrected chi connectivity index (χ1v) is 8.80. The molecule has 0 bridgehead atoms. The second kappa shape index (κ2) is 8.36. The lowest BCUT2D eigenvalue weighted by atomic mass is 10.0. The van der Waals surface area contributed by atoms with Crippen LogP contribution in [0, 0.1) is 11.6 Å². The van der Waals surface area contributed by atoms with Gasteiger partial charge < -0.3 is 10.6 Å². The summed E-state index contributed by atoms with van der Waals surface area (Å²) in [6.45, 7) is 2.93. The van der Waals surface area contributed by atoms with E-state index in [4.69, 9.17) is 12.2 Å². The van der Waals surface area contributed by atoms with Gasteiger partial charge in [0.15, 0.2) is 5.11 Å². The molecule has 2 aromatic rings. The average molecular weight is 361 g/mol. The molecule has 0 aromatic heterocycles. The molecule has 6 heteroatoms. The first-order valence-electron chi connectivity index (χ1n) is 8.39. The Morgan fingerprint density at radius 1 is 1.08 bits per heavy atom. The Kier molecular flexibility index (Phi) is 5.94. The van der Waals surface area contributed by atoms with Gasteiger partial charge in [0.1, 0.15) is 11.6 Å². The minimum Gasteiger partial charge on any atom is -0.360 e. The highest BCUT2D eigenvalue weighted by Gasteiger charge is 2.20. The number of benzene rings is 2. The van der Waals surface area contributed by atoms with E-state index in [0.29, 0.717) is 5.11 Å². The molecule has 1 aliphatic rings. The molecule has 0 aliphatic carbocycles. The van der Waals surface area contributed by atoms with E-state index in [1.807, 2.05) is 6.07 Å². The van der Waals surface area contributed by atoms with Gasteiger partial charge in [-0.25, -0.2) is 8.78 Å². The summed E-state index contributed by atoms with van der Waals surface area (Å²) in [6, 6.07) is 14.1. The van der Waals surface area contributed by atoms with Gasteiger partial charge >= 0.3 is 0 Å². The second-order valence-corrected chi connectivity index (χ2v) is 6.67. The summed E-state index contributed by atoms with van der Waals surface area (Å²) in [4.78, 5) is 2.42. The van der Waals surface area contributed by atoms with Crippen molar-refractivity contribution >= 4 is 23.0 Å². The molecule has 1 fully saturated rings. The van der Waals surface area contributed by atoms with Crippen molar-refractivity contribution in [1.82, 2.24) is 10.2 Å². The van der Waals surface area contributed by atoms with E-state index in [-0.39, 0.29) is 11.7 Å². The Balaban J connectivity index is 1.44. The molecule has 0 saturated carbocycles. The molecule has 0 spiro atoms. The predicted octanol–water partition coefficient (Wildman–Crippen LogP) is 3.92. The standard InChI is InChI=1S/C19H21F2N3S/c20-15-6-7-18(17(21)12-15)23-19(25)22-16-8-10-24(11-9-16)13-14-4-2-1-3-5-14/h1-7,12,16H,8-11,13H2,(H2,22,23,25). The normalized spacial score (nSPS) is 15.8. The Labute approximate surface area is 152 Å². The first kappa shape index (κ1) is 17.8. The van der Waals surface area contributed by atoms with Gasteiger partial charge in [-0.15, -0.1) is 0 Å². The van der Waals surface area contributed by atoms with Crippen LogP contribution in [0.3, 0.4) is 0 Å². The molecule has 3 rings (SSSR count). The lowest BCUT2D eigenvalue weighted by Crippen LogP contribution is -2.45. The molecule has 0 atom stereocenters. The van der Waals surface area contributed by atoms with Gasteiger partial charge in [-0.2, -0.15) is 0 Å². The Morgan fingerprint density at radius 2 is 1.80 bits per heavy atom. The van der Waals surface area contributed by atoms with Gasteiger partial charge in [-0.1, -0.05) is 30.3 Å². The molecule has 0 radical (unpaired) electrons. The van der Waals surface area contributed by atoms with Gasteiger partial charge in [0.05, 0.1) is 5.69 Å². The number of anilines is 1. The third kappa shape index (κ3) is 5.21. The minimum atomic E-state index is -0.651. The molecule has 0 amide bonds. The zero-order valence-corrected chi connectivity index (χ0v) is 14.7. The van der Waals surface area contributed by atoms with Crippen molar-refractivity contribution in [3.05, 3.63) is 65.7 Å². The van der Waals surface area contributed by atoms with Crippen LogP contribution in [-0.4, -0.2) is 29.1 Å². The summed E-state index contributed by atoms with van der Waals surface area (Å²) in [5.41, 5.74) is 1.50. The molecule has 1 heterocycles. The minimum absolute atomic E-state index is 0.181. The van der Waals surface area contributed by atoms with Crippen molar-refractivity contribution in [2.45, 2.75) is 25.4 Å². The van der Waals surface area contributed by atoms with E-state index in [2.05, 4.69) is 39.8 Å². The van der Waals surface area contributed by atoms with Gasteiger partial charge in [-0.3, -0.25) is 4.90 Å². The summed E-state index contributed by atoms with van der Waals surface area (Å²) < 4.78 is 26.6. The van der Waals surface area contributed by atoms with Gasteiger partial charge in [0, 0.05) is 31.7 Å². The van der Waals surface area contributed by atoms with Crippen molar-refractivity contribution in [1.29, 1.82) is 0 Å². The summed E-state index contributed by atoms with van der Waals surface area (Å²) in [7, 11) is 0. The largest absolute Gasteiger partial charge is 0.360 e. The lowest BCUT2D eigenvalue weighted by Gasteiger charge is -2.33.